The molecule has 6 heteroatoms. The Kier molecular flexibility index (Phi) is 2.49. The molecule has 1 fully saturated rings. The molecule has 0 saturated carbocycles. The summed E-state index contributed by atoms with van der Waals surface area (Å²) in [7, 11) is 0. The molecule has 0 radical (unpaired) electrons. The molecule has 0 bridgehead atoms. The topological polar surface area (TPSA) is 49.3 Å². The average Bonchev–Trinajstić information content (AvgIpc) is 2.02. The standard InChI is InChI=1S/C7H8F3NO2/c8-7(9,10)5(12)4-2-1-3-11-6(4)13/h12H,1-3H2,(H,11,13). The largest absolute Gasteiger partial charge is 0.504 e. The number of allylic oxidation sites excluding steroid dienone is 1. The number of carbonyl (C=O) groups excluding carboxylic acids is 1. The number of carbonyl (C=O) groups is 1. The van der Waals surface area contributed by atoms with Crippen LogP contribution in [0.2, 0.25) is 0 Å². The first-order chi connectivity index (χ1) is 5.93. The van der Waals surface area contributed by atoms with Gasteiger partial charge in [0.1, 0.15) is 0 Å². The third kappa shape index (κ3) is 2.13. The second-order valence-corrected chi connectivity index (χ2v) is 2.68. The number of piperidine rings is 1. The molecule has 0 aromatic heterocycles. The zero-order valence-electron chi connectivity index (χ0n) is 6.61. The van der Waals surface area contributed by atoms with Crippen molar-refractivity contribution in [3.63, 3.8) is 0 Å². The van der Waals surface area contributed by atoms with Gasteiger partial charge >= 0.3 is 6.18 Å². The monoisotopic (exact) mass is 195 g/mol. The lowest BCUT2D eigenvalue weighted by Crippen LogP contribution is -2.33. The maximum absolute atomic E-state index is 11.9. The van der Waals surface area contributed by atoms with Crippen molar-refractivity contribution in [2.45, 2.75) is 19.0 Å². The summed E-state index contributed by atoms with van der Waals surface area (Å²) in [6.07, 6.45) is -4.44. The van der Waals surface area contributed by atoms with E-state index in [2.05, 4.69) is 5.32 Å². The Morgan fingerprint density at radius 2 is 2.08 bits per heavy atom. The summed E-state index contributed by atoms with van der Waals surface area (Å²) in [5, 5.41) is 10.9. The maximum atomic E-state index is 11.9. The third-order valence-corrected chi connectivity index (χ3v) is 1.72. The van der Waals surface area contributed by atoms with Crippen LogP contribution in [0.15, 0.2) is 11.3 Å². The first kappa shape index (κ1) is 9.88. The summed E-state index contributed by atoms with van der Waals surface area (Å²) in [5.41, 5.74) is -0.571. The molecule has 1 saturated heterocycles. The Morgan fingerprint density at radius 3 is 2.54 bits per heavy atom. The number of hydrogen-bond acceptors (Lipinski definition) is 2. The van der Waals surface area contributed by atoms with E-state index in [4.69, 9.17) is 5.11 Å². The van der Waals surface area contributed by atoms with Gasteiger partial charge in [-0.05, 0) is 12.8 Å². The molecule has 2 N–H and O–H groups in total. The minimum atomic E-state index is -4.83. The molecular formula is C7H8F3NO2. The number of nitrogens with one attached hydrogen (secondary N) is 1. The summed E-state index contributed by atoms with van der Waals surface area (Å²) in [4.78, 5) is 10.9. The molecule has 0 aliphatic carbocycles. The average molecular weight is 195 g/mol. The van der Waals surface area contributed by atoms with Gasteiger partial charge in [-0.15, -0.1) is 0 Å². The van der Waals surface area contributed by atoms with Gasteiger partial charge in [0.2, 0.25) is 5.76 Å². The van der Waals surface area contributed by atoms with Crippen molar-refractivity contribution in [2.24, 2.45) is 0 Å². The van der Waals surface area contributed by atoms with Crippen LogP contribution in [0.5, 0.6) is 0 Å². The van der Waals surface area contributed by atoms with Crippen LogP contribution in [0.3, 0.4) is 0 Å². The number of aliphatic hydroxyl groups is 1. The fourth-order valence-corrected chi connectivity index (χ4v) is 1.08. The molecule has 1 rings (SSSR count). The van der Waals surface area contributed by atoms with Crippen LogP contribution in [-0.4, -0.2) is 23.7 Å². The van der Waals surface area contributed by atoms with Gasteiger partial charge in [0, 0.05) is 6.54 Å². The Bertz CT molecular complexity index is 257. The lowest BCUT2D eigenvalue weighted by molar-refractivity contribution is -0.129. The van der Waals surface area contributed by atoms with Crippen molar-refractivity contribution in [2.75, 3.05) is 6.54 Å². The number of halogens is 3. The summed E-state index contributed by atoms with van der Waals surface area (Å²) < 4.78 is 35.8. The van der Waals surface area contributed by atoms with E-state index >= 15 is 0 Å². The van der Waals surface area contributed by atoms with E-state index in [-0.39, 0.29) is 6.42 Å². The lowest BCUT2D eigenvalue weighted by Gasteiger charge is -2.17. The molecule has 1 amide bonds. The van der Waals surface area contributed by atoms with E-state index in [0.717, 1.165) is 0 Å². The predicted octanol–water partition coefficient (Wildman–Crippen LogP) is 1.27. The molecular weight excluding hydrogens is 187 g/mol. The Hall–Kier alpha value is -1.20. The third-order valence-electron chi connectivity index (χ3n) is 1.72. The summed E-state index contributed by atoms with van der Waals surface area (Å²) >= 11 is 0. The Morgan fingerprint density at radius 1 is 1.46 bits per heavy atom. The SMILES string of the molecule is O=C1NCCCC1=C(O)C(F)(F)F. The lowest BCUT2D eigenvalue weighted by atomic mass is 10.0. The van der Waals surface area contributed by atoms with Gasteiger partial charge in [-0.1, -0.05) is 0 Å². The highest BCUT2D eigenvalue weighted by atomic mass is 19.4. The van der Waals surface area contributed by atoms with E-state index in [0.29, 0.717) is 13.0 Å². The minimum Gasteiger partial charge on any atom is -0.504 e. The summed E-state index contributed by atoms with van der Waals surface area (Å²) in [5.74, 6) is -2.61. The highest BCUT2D eigenvalue weighted by Crippen LogP contribution is 2.28. The van der Waals surface area contributed by atoms with Gasteiger partial charge in [-0.25, -0.2) is 0 Å². The van der Waals surface area contributed by atoms with Crippen LogP contribution in [0.25, 0.3) is 0 Å². The molecule has 0 aromatic carbocycles. The molecule has 0 spiro atoms. The normalized spacial score (nSPS) is 22.5. The molecule has 0 unspecified atom stereocenters. The fourth-order valence-electron chi connectivity index (χ4n) is 1.08. The highest BCUT2D eigenvalue weighted by molar-refractivity contribution is 5.94. The molecule has 0 atom stereocenters. The molecule has 3 nitrogen and oxygen atoms in total. The van der Waals surface area contributed by atoms with Gasteiger partial charge in [0.15, 0.2) is 0 Å². The van der Waals surface area contributed by atoms with E-state index < -0.39 is 23.4 Å². The Labute approximate surface area is 72.2 Å². The van der Waals surface area contributed by atoms with E-state index in [1.165, 1.54) is 0 Å². The quantitative estimate of drug-likeness (QED) is 0.451. The van der Waals surface area contributed by atoms with E-state index in [1.54, 1.807) is 0 Å². The second kappa shape index (κ2) is 3.27. The zero-order valence-corrected chi connectivity index (χ0v) is 6.61. The zero-order chi connectivity index (χ0) is 10.1. The molecule has 1 aliphatic heterocycles. The van der Waals surface area contributed by atoms with Gasteiger partial charge in [0.25, 0.3) is 5.91 Å². The number of hydrogen-bond donors (Lipinski definition) is 2. The molecule has 13 heavy (non-hydrogen) atoms. The van der Waals surface area contributed by atoms with Crippen LogP contribution >= 0.6 is 0 Å². The van der Waals surface area contributed by atoms with Crippen molar-refractivity contribution >= 4 is 5.91 Å². The smallest absolute Gasteiger partial charge is 0.449 e. The van der Waals surface area contributed by atoms with Gasteiger partial charge in [-0.3, -0.25) is 4.79 Å². The van der Waals surface area contributed by atoms with Crippen molar-refractivity contribution in [1.82, 2.24) is 5.32 Å². The van der Waals surface area contributed by atoms with Gasteiger partial charge in [-0.2, -0.15) is 13.2 Å². The van der Waals surface area contributed by atoms with Crippen LogP contribution < -0.4 is 5.32 Å². The second-order valence-electron chi connectivity index (χ2n) is 2.68. The Balaban J connectivity index is 2.94. The van der Waals surface area contributed by atoms with Gasteiger partial charge < -0.3 is 10.4 Å². The first-order valence-electron chi connectivity index (χ1n) is 3.70. The van der Waals surface area contributed by atoms with Crippen molar-refractivity contribution in [3.8, 4) is 0 Å². The molecule has 0 aromatic rings. The number of amides is 1. The molecule has 1 heterocycles. The number of aliphatic hydroxyl groups excluding tert-OH is 1. The minimum absolute atomic E-state index is 0.0306. The first-order valence-corrected chi connectivity index (χ1v) is 3.70. The number of alkyl halides is 3. The molecule has 1 aliphatic rings. The highest BCUT2D eigenvalue weighted by Gasteiger charge is 2.38. The maximum Gasteiger partial charge on any atom is 0.449 e. The van der Waals surface area contributed by atoms with Gasteiger partial charge in [0.05, 0.1) is 5.57 Å². The summed E-state index contributed by atoms with van der Waals surface area (Å²) in [6, 6.07) is 0. The van der Waals surface area contributed by atoms with Crippen molar-refractivity contribution in [3.05, 3.63) is 11.3 Å². The fraction of sp³-hybridized carbons (Fsp3) is 0.571. The van der Waals surface area contributed by atoms with E-state index in [1.807, 2.05) is 0 Å². The molecule has 74 valence electrons. The van der Waals surface area contributed by atoms with Crippen LogP contribution in [-0.2, 0) is 4.79 Å². The predicted molar refractivity (Wildman–Crippen MR) is 38.0 cm³/mol. The van der Waals surface area contributed by atoms with Crippen molar-refractivity contribution < 1.29 is 23.1 Å². The van der Waals surface area contributed by atoms with Crippen LogP contribution in [0.1, 0.15) is 12.8 Å². The van der Waals surface area contributed by atoms with Crippen LogP contribution in [0, 0.1) is 0 Å². The van der Waals surface area contributed by atoms with Crippen molar-refractivity contribution in [1.29, 1.82) is 0 Å². The van der Waals surface area contributed by atoms with Crippen LogP contribution in [0.4, 0.5) is 13.2 Å². The van der Waals surface area contributed by atoms with E-state index in [9.17, 15) is 18.0 Å². The number of rotatable bonds is 0. The summed E-state index contributed by atoms with van der Waals surface area (Å²) in [6.45, 7) is 0.355.